The predicted octanol–water partition coefficient (Wildman–Crippen LogP) is 2.89. The summed E-state index contributed by atoms with van der Waals surface area (Å²) in [5, 5.41) is 10.5. The third-order valence-electron chi connectivity index (χ3n) is 6.03. The molecule has 1 N–H and O–H groups in total. The van der Waals surface area contributed by atoms with Crippen molar-refractivity contribution in [2.45, 2.75) is 31.4 Å². The number of aliphatic hydroxyl groups excluding tert-OH is 1. The number of Topliss-reactive ketones (excluding diaryl/α,β-unsaturated/α-hetero) is 1. The minimum Gasteiger partial charge on any atom is -0.389 e. The van der Waals surface area contributed by atoms with Crippen LogP contribution in [0.15, 0.2) is 35.9 Å². The molecule has 4 nitrogen and oxygen atoms in total. The molecule has 28 heavy (non-hydrogen) atoms. The lowest BCUT2D eigenvalue weighted by atomic mass is 9.92. The van der Waals surface area contributed by atoms with E-state index < -0.39 is 12.1 Å². The molecule has 0 amide bonds. The number of carbonyl (C=O) groups excluding carboxylic acids is 1. The van der Waals surface area contributed by atoms with Crippen LogP contribution in [0.2, 0.25) is 0 Å². The van der Waals surface area contributed by atoms with Gasteiger partial charge in [-0.2, -0.15) is 11.8 Å². The summed E-state index contributed by atoms with van der Waals surface area (Å²) < 4.78 is 14.6. The van der Waals surface area contributed by atoms with Gasteiger partial charge in [0, 0.05) is 55.7 Å². The maximum absolute atomic E-state index is 14.6. The first-order valence-corrected chi connectivity index (χ1v) is 11.5. The second-order valence-corrected chi connectivity index (χ2v) is 9.29. The summed E-state index contributed by atoms with van der Waals surface area (Å²) in [7, 11) is 0. The van der Waals surface area contributed by atoms with Crippen molar-refractivity contribution in [1.82, 2.24) is 9.80 Å². The van der Waals surface area contributed by atoms with Gasteiger partial charge in [-0.05, 0) is 30.9 Å². The topological polar surface area (TPSA) is 43.8 Å². The smallest absolute Gasteiger partial charge is 0.157 e. The zero-order chi connectivity index (χ0) is 19.5. The lowest BCUT2D eigenvalue weighted by Gasteiger charge is -2.37. The number of hydrogen-bond donors (Lipinski definition) is 1. The van der Waals surface area contributed by atoms with Crippen molar-refractivity contribution in [3.63, 3.8) is 0 Å². The average Bonchev–Trinajstić information content (AvgIpc) is 3.56. The lowest BCUT2D eigenvalue weighted by molar-refractivity contribution is -0.126. The zero-order valence-electron chi connectivity index (χ0n) is 16.2. The summed E-state index contributed by atoms with van der Waals surface area (Å²) in [6.45, 7) is 4.12. The molecule has 0 aromatic heterocycles. The molecule has 1 aromatic rings. The summed E-state index contributed by atoms with van der Waals surface area (Å²) in [4.78, 5) is 17.5. The summed E-state index contributed by atoms with van der Waals surface area (Å²) in [6.07, 6.45) is 4.08. The summed E-state index contributed by atoms with van der Waals surface area (Å²) in [5.74, 6) is 2.19. The van der Waals surface area contributed by atoms with E-state index in [9.17, 15) is 14.3 Å². The van der Waals surface area contributed by atoms with Crippen molar-refractivity contribution >= 4 is 17.5 Å². The molecule has 6 heteroatoms. The largest absolute Gasteiger partial charge is 0.389 e. The Kier molecular flexibility index (Phi) is 6.51. The molecule has 2 atom stereocenters. The highest BCUT2D eigenvalue weighted by Gasteiger charge is 2.40. The normalized spacial score (nSPS) is 27.1. The number of aliphatic hydroxyl groups is 1. The van der Waals surface area contributed by atoms with Gasteiger partial charge in [0.15, 0.2) is 5.78 Å². The Balaban J connectivity index is 1.53. The molecule has 1 saturated carbocycles. The Morgan fingerprint density at radius 1 is 1.21 bits per heavy atom. The standard InChI is InChI=1S/C22H29FN2O2S/c23-19-4-2-1-3-18(19)21(22(27)16-5-6-16)25-10-8-20(26)17(15-25)7-9-24-11-13-28-14-12-24/h1-4,7,16,20-21,26H,5-6,8-15H2/b17-7-. The van der Waals surface area contributed by atoms with Gasteiger partial charge >= 0.3 is 0 Å². The molecule has 4 rings (SSSR count). The van der Waals surface area contributed by atoms with Gasteiger partial charge in [0.1, 0.15) is 5.82 Å². The molecule has 0 spiro atoms. The van der Waals surface area contributed by atoms with Crippen LogP contribution in [0.4, 0.5) is 4.39 Å². The van der Waals surface area contributed by atoms with Gasteiger partial charge in [0.25, 0.3) is 0 Å². The number of nitrogens with zero attached hydrogens (tertiary/aromatic N) is 2. The van der Waals surface area contributed by atoms with E-state index in [0.717, 1.165) is 49.6 Å². The van der Waals surface area contributed by atoms with Gasteiger partial charge in [0.2, 0.25) is 0 Å². The molecule has 1 aliphatic carbocycles. The molecule has 3 aliphatic rings. The fourth-order valence-electron chi connectivity index (χ4n) is 4.16. The van der Waals surface area contributed by atoms with E-state index in [1.807, 2.05) is 11.8 Å². The van der Waals surface area contributed by atoms with Crippen LogP contribution in [-0.2, 0) is 4.79 Å². The number of thioether (sulfide) groups is 1. The molecular formula is C22H29FN2O2S. The van der Waals surface area contributed by atoms with Gasteiger partial charge in [-0.3, -0.25) is 14.6 Å². The Labute approximate surface area is 170 Å². The maximum Gasteiger partial charge on any atom is 0.157 e. The average molecular weight is 405 g/mol. The zero-order valence-corrected chi connectivity index (χ0v) is 17.0. The Bertz CT molecular complexity index is 731. The molecule has 2 aliphatic heterocycles. The molecule has 2 unspecified atom stereocenters. The number of halogens is 1. The van der Waals surface area contributed by atoms with Crippen LogP contribution in [0.25, 0.3) is 0 Å². The number of rotatable bonds is 6. The highest BCUT2D eigenvalue weighted by atomic mass is 32.2. The van der Waals surface area contributed by atoms with Crippen molar-refractivity contribution in [3.05, 3.63) is 47.3 Å². The predicted molar refractivity (Wildman–Crippen MR) is 111 cm³/mol. The van der Waals surface area contributed by atoms with E-state index >= 15 is 0 Å². The molecule has 1 aromatic carbocycles. The van der Waals surface area contributed by atoms with Crippen LogP contribution in [0.5, 0.6) is 0 Å². The molecule has 2 saturated heterocycles. The number of hydrogen-bond acceptors (Lipinski definition) is 5. The maximum atomic E-state index is 14.6. The highest BCUT2D eigenvalue weighted by Crippen LogP contribution is 2.39. The van der Waals surface area contributed by atoms with Gasteiger partial charge in [0.05, 0.1) is 12.1 Å². The van der Waals surface area contributed by atoms with Crippen LogP contribution in [0.1, 0.15) is 30.9 Å². The number of likely N-dealkylation sites (tertiary alicyclic amines) is 1. The first-order chi connectivity index (χ1) is 13.6. The first kappa shape index (κ1) is 20.1. The van der Waals surface area contributed by atoms with Crippen molar-refractivity contribution in [1.29, 1.82) is 0 Å². The second-order valence-electron chi connectivity index (χ2n) is 8.07. The molecule has 2 heterocycles. The monoisotopic (exact) mass is 404 g/mol. The summed E-state index contributed by atoms with van der Waals surface area (Å²) in [5.41, 5.74) is 1.44. The summed E-state index contributed by atoms with van der Waals surface area (Å²) >= 11 is 1.98. The van der Waals surface area contributed by atoms with E-state index in [4.69, 9.17) is 0 Å². The quantitative estimate of drug-likeness (QED) is 0.739. The van der Waals surface area contributed by atoms with Crippen molar-refractivity contribution in [3.8, 4) is 0 Å². The Hall–Kier alpha value is -1.21. The van der Waals surface area contributed by atoms with Crippen LogP contribution < -0.4 is 0 Å². The van der Waals surface area contributed by atoms with E-state index in [1.165, 1.54) is 6.07 Å². The van der Waals surface area contributed by atoms with Crippen molar-refractivity contribution < 1.29 is 14.3 Å². The van der Waals surface area contributed by atoms with Crippen LogP contribution in [-0.4, -0.2) is 71.0 Å². The molecule has 0 radical (unpaired) electrons. The van der Waals surface area contributed by atoms with E-state index in [1.54, 1.807) is 18.2 Å². The highest BCUT2D eigenvalue weighted by molar-refractivity contribution is 7.99. The van der Waals surface area contributed by atoms with E-state index in [-0.39, 0.29) is 17.5 Å². The van der Waals surface area contributed by atoms with E-state index in [2.05, 4.69) is 15.9 Å². The van der Waals surface area contributed by atoms with Crippen molar-refractivity contribution in [2.24, 2.45) is 5.92 Å². The van der Waals surface area contributed by atoms with Gasteiger partial charge in [-0.25, -0.2) is 4.39 Å². The fraction of sp³-hybridized carbons (Fsp3) is 0.591. The lowest BCUT2D eigenvalue weighted by Crippen LogP contribution is -2.44. The molecule has 3 fully saturated rings. The second kappa shape index (κ2) is 9.08. The molecule has 0 bridgehead atoms. The number of carbonyl (C=O) groups is 1. The van der Waals surface area contributed by atoms with Crippen molar-refractivity contribution in [2.75, 3.05) is 44.2 Å². The van der Waals surface area contributed by atoms with E-state index in [0.29, 0.717) is 25.1 Å². The Morgan fingerprint density at radius 2 is 1.96 bits per heavy atom. The third-order valence-corrected chi connectivity index (χ3v) is 6.98. The minimum absolute atomic E-state index is 0.0646. The molecular weight excluding hydrogens is 375 g/mol. The fourth-order valence-corrected chi connectivity index (χ4v) is 5.14. The SMILES string of the molecule is O=C(C1CC1)C(c1ccccc1F)N1CCC(O)/C(=C\CN2CCSCC2)C1. The number of benzene rings is 1. The van der Waals surface area contributed by atoms with Crippen LogP contribution in [0, 0.1) is 11.7 Å². The first-order valence-electron chi connectivity index (χ1n) is 10.3. The van der Waals surface area contributed by atoms with Gasteiger partial charge in [-0.1, -0.05) is 24.3 Å². The minimum atomic E-state index is -0.545. The Morgan fingerprint density at radius 3 is 2.68 bits per heavy atom. The summed E-state index contributed by atoms with van der Waals surface area (Å²) in [6, 6.07) is 6.10. The molecule has 152 valence electrons. The van der Waals surface area contributed by atoms with Crippen LogP contribution in [0.3, 0.4) is 0 Å². The number of ketones is 1. The number of piperidine rings is 1. The van der Waals surface area contributed by atoms with Crippen LogP contribution >= 0.6 is 11.8 Å². The van der Waals surface area contributed by atoms with Gasteiger partial charge in [-0.15, -0.1) is 0 Å². The third kappa shape index (κ3) is 4.67. The van der Waals surface area contributed by atoms with Gasteiger partial charge < -0.3 is 5.11 Å².